The molecule has 2 aromatic carbocycles. The third-order valence-corrected chi connectivity index (χ3v) is 5.19. The number of hydrogen-bond acceptors (Lipinski definition) is 4. The Bertz CT molecular complexity index is 1000. The molecule has 1 atom stereocenters. The number of imide groups is 2. The van der Waals surface area contributed by atoms with Crippen molar-refractivity contribution in [3.05, 3.63) is 63.6 Å². The Balaban J connectivity index is 1.92. The number of rotatable bonds is 5. The highest BCUT2D eigenvalue weighted by Crippen LogP contribution is 2.34. The Labute approximate surface area is 178 Å². The number of barbiturate groups is 1. The van der Waals surface area contributed by atoms with Crippen molar-refractivity contribution < 1.29 is 19.1 Å². The van der Waals surface area contributed by atoms with Crippen molar-refractivity contribution in [3.8, 4) is 5.75 Å². The molecule has 0 saturated carbocycles. The zero-order valence-corrected chi connectivity index (χ0v) is 17.3. The van der Waals surface area contributed by atoms with Gasteiger partial charge in [-0.1, -0.05) is 48.3 Å². The summed E-state index contributed by atoms with van der Waals surface area (Å²) < 4.78 is 5.72. The van der Waals surface area contributed by atoms with Crippen molar-refractivity contribution in [2.75, 3.05) is 4.90 Å². The average Bonchev–Trinajstić information content (AvgIpc) is 2.69. The number of anilines is 1. The quantitative estimate of drug-likeness (QED) is 0.541. The second-order valence-electron chi connectivity index (χ2n) is 6.44. The molecule has 0 unspecified atom stereocenters. The molecule has 1 fully saturated rings. The molecule has 0 aromatic heterocycles. The largest absolute Gasteiger partial charge is 0.491 e. The Morgan fingerprint density at radius 2 is 1.79 bits per heavy atom. The number of carbonyl (C=O) groups excluding carboxylic acids is 3. The minimum atomic E-state index is -0.890. The van der Waals surface area contributed by atoms with E-state index in [0.717, 1.165) is 11.3 Å². The van der Waals surface area contributed by atoms with Gasteiger partial charge in [-0.25, -0.2) is 9.69 Å². The summed E-state index contributed by atoms with van der Waals surface area (Å²) in [5.74, 6) is -0.888. The van der Waals surface area contributed by atoms with Gasteiger partial charge in [-0.15, -0.1) is 0 Å². The normalized spacial score (nSPS) is 16.8. The van der Waals surface area contributed by atoms with Gasteiger partial charge in [0.2, 0.25) is 0 Å². The van der Waals surface area contributed by atoms with E-state index in [4.69, 9.17) is 27.9 Å². The zero-order valence-electron chi connectivity index (χ0n) is 15.7. The molecule has 2 aromatic rings. The van der Waals surface area contributed by atoms with Crippen molar-refractivity contribution in [3.63, 3.8) is 0 Å². The Kier molecular flexibility index (Phi) is 6.25. The molecule has 1 heterocycles. The van der Waals surface area contributed by atoms with Gasteiger partial charge in [-0.2, -0.15) is 0 Å². The van der Waals surface area contributed by atoms with Crippen LogP contribution in [0.1, 0.15) is 25.8 Å². The first-order valence-electron chi connectivity index (χ1n) is 8.94. The highest BCUT2D eigenvalue weighted by molar-refractivity contribution is 6.46. The molecule has 150 valence electrons. The van der Waals surface area contributed by atoms with Gasteiger partial charge in [0.25, 0.3) is 11.8 Å². The third-order valence-electron chi connectivity index (χ3n) is 4.38. The lowest BCUT2D eigenvalue weighted by Gasteiger charge is -2.27. The van der Waals surface area contributed by atoms with Crippen LogP contribution in [-0.2, 0) is 9.59 Å². The lowest BCUT2D eigenvalue weighted by molar-refractivity contribution is -0.122. The first kappa shape index (κ1) is 20.9. The van der Waals surface area contributed by atoms with Crippen molar-refractivity contribution >= 4 is 52.8 Å². The van der Waals surface area contributed by atoms with Crippen molar-refractivity contribution in [1.82, 2.24) is 5.32 Å². The standard InChI is InChI=1S/C21H18Cl2N2O4/c1-3-12(2)29-14-9-7-13(8-10-14)11-15-19(26)24-21(28)25(20(15)27)17-6-4-5-16(22)18(17)23/h4-12H,3H2,1-2H3,(H,24,26,28)/b15-11+/t12-/m0/s1. The second kappa shape index (κ2) is 8.68. The van der Waals surface area contributed by atoms with E-state index in [9.17, 15) is 14.4 Å². The van der Waals surface area contributed by atoms with E-state index in [1.807, 2.05) is 13.8 Å². The van der Waals surface area contributed by atoms with Gasteiger partial charge in [-0.05, 0) is 49.2 Å². The summed E-state index contributed by atoms with van der Waals surface area (Å²) in [5, 5.41) is 2.38. The van der Waals surface area contributed by atoms with Crippen LogP contribution >= 0.6 is 23.2 Å². The van der Waals surface area contributed by atoms with E-state index in [-0.39, 0.29) is 27.4 Å². The van der Waals surface area contributed by atoms with Gasteiger partial charge in [-0.3, -0.25) is 14.9 Å². The maximum Gasteiger partial charge on any atom is 0.336 e. The van der Waals surface area contributed by atoms with Crippen molar-refractivity contribution in [1.29, 1.82) is 0 Å². The molecule has 0 spiro atoms. The van der Waals surface area contributed by atoms with E-state index < -0.39 is 17.8 Å². The highest BCUT2D eigenvalue weighted by Gasteiger charge is 2.37. The SMILES string of the molecule is CC[C@H](C)Oc1ccc(/C=C2\C(=O)NC(=O)N(c3cccc(Cl)c3Cl)C2=O)cc1. The lowest BCUT2D eigenvalue weighted by Crippen LogP contribution is -2.54. The summed E-state index contributed by atoms with van der Waals surface area (Å²) in [6, 6.07) is 10.6. The number of hydrogen-bond donors (Lipinski definition) is 1. The number of halogens is 2. The summed E-state index contributed by atoms with van der Waals surface area (Å²) in [5.41, 5.74) is 0.500. The van der Waals surface area contributed by atoms with Gasteiger partial charge in [0.1, 0.15) is 11.3 Å². The zero-order chi connectivity index (χ0) is 21.1. The molecule has 0 aliphatic carbocycles. The van der Waals surface area contributed by atoms with Crippen LogP contribution in [-0.4, -0.2) is 23.9 Å². The molecule has 0 radical (unpaired) electrons. The molecule has 8 heteroatoms. The molecule has 3 rings (SSSR count). The van der Waals surface area contributed by atoms with Crippen LogP contribution in [0, 0.1) is 0 Å². The smallest absolute Gasteiger partial charge is 0.336 e. The van der Waals surface area contributed by atoms with Crippen LogP contribution in [0.15, 0.2) is 48.0 Å². The molecule has 0 bridgehead atoms. The second-order valence-corrected chi connectivity index (χ2v) is 7.22. The Hall–Kier alpha value is -2.83. The van der Waals surface area contributed by atoms with E-state index in [0.29, 0.717) is 11.3 Å². The van der Waals surface area contributed by atoms with Gasteiger partial charge in [0.15, 0.2) is 0 Å². The molecule has 1 saturated heterocycles. The van der Waals surface area contributed by atoms with E-state index in [1.165, 1.54) is 18.2 Å². The van der Waals surface area contributed by atoms with Crippen LogP contribution in [0.4, 0.5) is 10.5 Å². The predicted octanol–water partition coefficient (Wildman–Crippen LogP) is 4.84. The van der Waals surface area contributed by atoms with Crippen LogP contribution < -0.4 is 15.0 Å². The van der Waals surface area contributed by atoms with Crippen LogP contribution in [0.2, 0.25) is 10.0 Å². The lowest BCUT2D eigenvalue weighted by atomic mass is 10.1. The Morgan fingerprint density at radius 1 is 1.10 bits per heavy atom. The average molecular weight is 433 g/mol. The molecule has 1 aliphatic heterocycles. The first-order chi connectivity index (χ1) is 13.8. The fourth-order valence-corrected chi connectivity index (χ4v) is 3.05. The van der Waals surface area contributed by atoms with Crippen molar-refractivity contribution in [2.45, 2.75) is 26.4 Å². The van der Waals surface area contributed by atoms with Gasteiger partial charge >= 0.3 is 6.03 Å². The number of benzene rings is 2. The van der Waals surface area contributed by atoms with Gasteiger partial charge in [0.05, 0.1) is 21.8 Å². The molecule has 1 N–H and O–H groups in total. The Morgan fingerprint density at radius 3 is 2.45 bits per heavy atom. The number of nitrogens with one attached hydrogen (secondary N) is 1. The van der Waals surface area contributed by atoms with Gasteiger partial charge < -0.3 is 4.74 Å². The monoisotopic (exact) mass is 432 g/mol. The van der Waals surface area contributed by atoms with E-state index >= 15 is 0 Å². The predicted molar refractivity (Wildman–Crippen MR) is 112 cm³/mol. The fraction of sp³-hybridized carbons (Fsp3) is 0.190. The summed E-state index contributed by atoms with van der Waals surface area (Å²) in [4.78, 5) is 38.3. The minimum Gasteiger partial charge on any atom is -0.491 e. The summed E-state index contributed by atoms with van der Waals surface area (Å²) in [6.07, 6.45) is 2.35. The van der Waals surface area contributed by atoms with Crippen LogP contribution in [0.3, 0.4) is 0 Å². The number of ether oxygens (including phenoxy) is 1. The maximum absolute atomic E-state index is 12.9. The van der Waals surface area contributed by atoms with Gasteiger partial charge in [0, 0.05) is 0 Å². The number of nitrogens with zero attached hydrogens (tertiary/aromatic N) is 1. The number of carbonyl (C=O) groups is 3. The number of amides is 4. The molecule has 1 aliphatic rings. The summed E-state index contributed by atoms with van der Waals surface area (Å²) in [6.45, 7) is 3.99. The minimum absolute atomic E-state index is 0.0397. The molecular formula is C21H18Cl2N2O4. The summed E-state index contributed by atoms with van der Waals surface area (Å²) in [7, 11) is 0. The first-order valence-corrected chi connectivity index (χ1v) is 9.69. The summed E-state index contributed by atoms with van der Waals surface area (Å²) >= 11 is 12.1. The molecule has 4 amide bonds. The van der Waals surface area contributed by atoms with Crippen LogP contribution in [0.5, 0.6) is 5.75 Å². The number of urea groups is 1. The van der Waals surface area contributed by atoms with Crippen LogP contribution in [0.25, 0.3) is 6.08 Å². The molecule has 29 heavy (non-hydrogen) atoms. The molecular weight excluding hydrogens is 415 g/mol. The topological polar surface area (TPSA) is 75.7 Å². The van der Waals surface area contributed by atoms with E-state index in [1.54, 1.807) is 30.3 Å². The highest BCUT2D eigenvalue weighted by atomic mass is 35.5. The fourth-order valence-electron chi connectivity index (χ4n) is 2.67. The van der Waals surface area contributed by atoms with Crippen molar-refractivity contribution in [2.24, 2.45) is 0 Å². The maximum atomic E-state index is 12.9. The van der Waals surface area contributed by atoms with E-state index in [2.05, 4.69) is 5.32 Å². The molecule has 6 nitrogen and oxygen atoms in total. The third kappa shape index (κ3) is 4.44.